The van der Waals surface area contributed by atoms with Crippen LogP contribution in [0.1, 0.15) is 36.6 Å². The van der Waals surface area contributed by atoms with Crippen molar-refractivity contribution < 1.29 is 9.18 Å². The molecule has 7 nitrogen and oxygen atoms in total. The van der Waals surface area contributed by atoms with Crippen LogP contribution in [0.3, 0.4) is 0 Å². The van der Waals surface area contributed by atoms with Crippen LogP contribution in [0.4, 0.5) is 15.0 Å². The van der Waals surface area contributed by atoms with Gasteiger partial charge in [0.05, 0.1) is 17.9 Å². The molecule has 36 heavy (non-hydrogen) atoms. The number of piperazine rings is 1. The molecule has 2 amide bonds. The van der Waals surface area contributed by atoms with Gasteiger partial charge in [0.2, 0.25) is 0 Å². The molecule has 2 fully saturated rings. The number of hydrogen-bond acceptors (Lipinski definition) is 4. The van der Waals surface area contributed by atoms with Gasteiger partial charge in [-0.1, -0.05) is 43.3 Å². The van der Waals surface area contributed by atoms with E-state index in [2.05, 4.69) is 22.0 Å². The molecule has 1 aliphatic heterocycles. The van der Waals surface area contributed by atoms with Gasteiger partial charge < -0.3 is 20.0 Å². The summed E-state index contributed by atoms with van der Waals surface area (Å²) in [7, 11) is 0. The van der Waals surface area contributed by atoms with Crippen molar-refractivity contribution in [2.45, 2.75) is 45.8 Å². The molecule has 2 heterocycles. The lowest BCUT2D eigenvalue weighted by atomic mass is 10.2. The lowest BCUT2D eigenvalue weighted by Gasteiger charge is -2.36. The van der Waals surface area contributed by atoms with Crippen LogP contribution in [0.2, 0.25) is 0 Å². The van der Waals surface area contributed by atoms with Gasteiger partial charge in [-0.2, -0.15) is 5.10 Å². The number of rotatable bonds is 8. The summed E-state index contributed by atoms with van der Waals surface area (Å²) in [5.74, 6) is 0.680. The molecule has 1 N–H and O–H groups in total. The standard InChI is InChI=1S/C28H35FN6O/c1-3-32-14-16-33(17-15-32)27-26(21(2)31-35(27)25-11-7-10-23(29)18-25)20-34(24-12-13-24)28(36)30-19-22-8-5-4-6-9-22/h4-11,18,24H,3,12-17,19-20H2,1-2H3,(H,30,36). The van der Waals surface area contributed by atoms with Crippen molar-refractivity contribution in [1.29, 1.82) is 0 Å². The first kappa shape index (κ1) is 24.3. The van der Waals surface area contributed by atoms with Crippen molar-refractivity contribution in [2.24, 2.45) is 0 Å². The largest absolute Gasteiger partial charge is 0.354 e. The van der Waals surface area contributed by atoms with Crippen LogP contribution in [-0.4, -0.2) is 64.4 Å². The van der Waals surface area contributed by atoms with E-state index in [1.165, 1.54) is 12.1 Å². The van der Waals surface area contributed by atoms with E-state index in [-0.39, 0.29) is 17.9 Å². The Kier molecular flexibility index (Phi) is 7.23. The minimum atomic E-state index is -0.288. The zero-order valence-electron chi connectivity index (χ0n) is 21.2. The van der Waals surface area contributed by atoms with E-state index in [9.17, 15) is 9.18 Å². The first-order chi connectivity index (χ1) is 17.5. The quantitative estimate of drug-likeness (QED) is 0.511. The van der Waals surface area contributed by atoms with Gasteiger partial charge in [0.15, 0.2) is 0 Å². The molecule has 0 atom stereocenters. The summed E-state index contributed by atoms with van der Waals surface area (Å²) in [6, 6.07) is 16.7. The van der Waals surface area contributed by atoms with E-state index in [1.807, 2.05) is 52.9 Å². The monoisotopic (exact) mass is 490 g/mol. The maximum absolute atomic E-state index is 14.2. The topological polar surface area (TPSA) is 56.6 Å². The molecule has 190 valence electrons. The Hall–Kier alpha value is -3.39. The first-order valence-corrected chi connectivity index (χ1v) is 12.9. The minimum Gasteiger partial charge on any atom is -0.354 e. The molecule has 1 saturated heterocycles. The van der Waals surface area contributed by atoms with E-state index < -0.39 is 0 Å². The van der Waals surface area contributed by atoms with Crippen molar-refractivity contribution in [3.8, 4) is 5.69 Å². The summed E-state index contributed by atoms with van der Waals surface area (Å²) in [6.07, 6.45) is 2.03. The van der Waals surface area contributed by atoms with Crippen molar-refractivity contribution in [3.63, 3.8) is 0 Å². The number of likely N-dealkylation sites (N-methyl/N-ethyl adjacent to an activating group) is 1. The molecular formula is C28H35FN6O. The van der Waals surface area contributed by atoms with Crippen molar-refractivity contribution in [3.05, 3.63) is 77.2 Å². The van der Waals surface area contributed by atoms with E-state index >= 15 is 0 Å². The summed E-state index contributed by atoms with van der Waals surface area (Å²) in [5.41, 5.74) is 3.68. The second-order valence-corrected chi connectivity index (χ2v) is 9.70. The summed E-state index contributed by atoms with van der Waals surface area (Å²) in [5, 5.41) is 7.97. The summed E-state index contributed by atoms with van der Waals surface area (Å²) >= 11 is 0. The van der Waals surface area contributed by atoms with Crippen LogP contribution < -0.4 is 10.2 Å². The molecule has 2 aliphatic rings. The highest BCUT2D eigenvalue weighted by Crippen LogP contribution is 2.34. The number of nitrogens with one attached hydrogen (secondary N) is 1. The van der Waals surface area contributed by atoms with Crippen LogP contribution >= 0.6 is 0 Å². The van der Waals surface area contributed by atoms with Crippen molar-refractivity contribution >= 4 is 11.8 Å². The third-order valence-corrected chi connectivity index (χ3v) is 7.19. The number of halogens is 1. The first-order valence-electron chi connectivity index (χ1n) is 12.9. The zero-order valence-corrected chi connectivity index (χ0v) is 21.2. The van der Waals surface area contributed by atoms with Crippen LogP contribution in [-0.2, 0) is 13.1 Å². The van der Waals surface area contributed by atoms with E-state index in [4.69, 9.17) is 5.10 Å². The van der Waals surface area contributed by atoms with Crippen molar-refractivity contribution in [1.82, 2.24) is 24.9 Å². The normalized spacial score (nSPS) is 16.2. The molecule has 1 aromatic heterocycles. The molecule has 8 heteroatoms. The van der Waals surface area contributed by atoms with Gasteiger partial charge in [-0.25, -0.2) is 13.9 Å². The Bertz CT molecular complexity index is 1180. The molecule has 2 aromatic carbocycles. The van der Waals surface area contributed by atoms with Crippen molar-refractivity contribution in [2.75, 3.05) is 37.6 Å². The minimum absolute atomic E-state index is 0.0546. The van der Waals surface area contributed by atoms with Gasteiger partial charge in [0.1, 0.15) is 11.6 Å². The second kappa shape index (κ2) is 10.7. The lowest BCUT2D eigenvalue weighted by Crippen LogP contribution is -2.47. The number of urea groups is 1. The SMILES string of the molecule is CCN1CCN(c2c(CN(C(=O)NCc3ccccc3)C3CC3)c(C)nn2-c2cccc(F)c2)CC1. The average Bonchev–Trinajstić information content (AvgIpc) is 3.69. The molecular weight excluding hydrogens is 455 g/mol. The second-order valence-electron chi connectivity index (χ2n) is 9.70. The van der Waals surface area contributed by atoms with Gasteiger partial charge in [0, 0.05) is 44.3 Å². The predicted octanol–water partition coefficient (Wildman–Crippen LogP) is 4.34. The number of carbonyl (C=O) groups is 1. The Balaban J connectivity index is 1.44. The highest BCUT2D eigenvalue weighted by atomic mass is 19.1. The number of nitrogens with zero attached hydrogens (tertiary/aromatic N) is 5. The van der Waals surface area contributed by atoms with Crippen LogP contribution in [0, 0.1) is 12.7 Å². The smallest absolute Gasteiger partial charge is 0.318 e. The zero-order chi connectivity index (χ0) is 25.1. The number of carbonyl (C=O) groups excluding carboxylic acids is 1. The third kappa shape index (κ3) is 5.38. The summed E-state index contributed by atoms with van der Waals surface area (Å²) in [6.45, 7) is 9.84. The molecule has 0 unspecified atom stereocenters. The fraction of sp³-hybridized carbons (Fsp3) is 0.429. The Morgan fingerprint density at radius 1 is 1.08 bits per heavy atom. The number of hydrogen-bond donors (Lipinski definition) is 1. The molecule has 0 spiro atoms. The molecule has 1 aliphatic carbocycles. The molecule has 5 rings (SSSR count). The Morgan fingerprint density at radius 3 is 2.50 bits per heavy atom. The number of aromatic nitrogens is 2. The van der Waals surface area contributed by atoms with E-state index in [0.29, 0.717) is 18.8 Å². The van der Waals surface area contributed by atoms with Gasteiger partial charge >= 0.3 is 6.03 Å². The summed E-state index contributed by atoms with van der Waals surface area (Å²) in [4.78, 5) is 20.1. The maximum Gasteiger partial charge on any atom is 0.318 e. The highest BCUT2D eigenvalue weighted by Gasteiger charge is 2.35. The molecule has 0 bridgehead atoms. The predicted molar refractivity (Wildman–Crippen MR) is 140 cm³/mol. The number of benzene rings is 2. The van der Waals surface area contributed by atoms with Crippen LogP contribution in [0.15, 0.2) is 54.6 Å². The van der Waals surface area contributed by atoms with Gasteiger partial charge in [-0.05, 0) is 50.1 Å². The fourth-order valence-electron chi connectivity index (χ4n) is 4.92. The third-order valence-electron chi connectivity index (χ3n) is 7.19. The average molecular weight is 491 g/mol. The van der Waals surface area contributed by atoms with Gasteiger partial charge in [-0.15, -0.1) is 0 Å². The Morgan fingerprint density at radius 2 is 1.83 bits per heavy atom. The van der Waals surface area contributed by atoms with E-state index in [1.54, 1.807) is 6.07 Å². The highest BCUT2D eigenvalue weighted by molar-refractivity contribution is 5.75. The van der Waals surface area contributed by atoms with Crippen LogP contribution in [0.5, 0.6) is 0 Å². The van der Waals surface area contributed by atoms with Crippen LogP contribution in [0.25, 0.3) is 5.69 Å². The lowest BCUT2D eigenvalue weighted by molar-refractivity contribution is 0.191. The summed E-state index contributed by atoms with van der Waals surface area (Å²) < 4.78 is 16.0. The van der Waals surface area contributed by atoms with Gasteiger partial charge in [-0.3, -0.25) is 0 Å². The molecule has 3 aromatic rings. The maximum atomic E-state index is 14.2. The Labute approximate surface area is 212 Å². The number of aryl methyl sites for hydroxylation is 1. The van der Waals surface area contributed by atoms with Gasteiger partial charge in [0.25, 0.3) is 0 Å². The number of anilines is 1. The number of amides is 2. The fourth-order valence-corrected chi connectivity index (χ4v) is 4.92. The van der Waals surface area contributed by atoms with E-state index in [0.717, 1.165) is 68.2 Å². The molecule has 1 saturated carbocycles. The molecule has 0 radical (unpaired) electrons.